The second kappa shape index (κ2) is 12.3. The van der Waals surface area contributed by atoms with Crippen LogP contribution < -0.4 is 16.4 Å². The number of hydrogen-bond donors (Lipinski definition) is 3. The maximum absolute atomic E-state index is 12.6. The van der Waals surface area contributed by atoms with E-state index in [2.05, 4.69) is 10.6 Å². The van der Waals surface area contributed by atoms with Gasteiger partial charge in [0.15, 0.2) is 0 Å². The molecule has 0 saturated heterocycles. The number of primary amides is 1. The van der Waals surface area contributed by atoms with Crippen LogP contribution in [0.15, 0.2) is 30.3 Å². The molecule has 152 valence electrons. The monoisotopic (exact) mass is 388 g/mol. The summed E-state index contributed by atoms with van der Waals surface area (Å²) in [5, 5.41) is 13.7. The summed E-state index contributed by atoms with van der Waals surface area (Å²) in [5.41, 5.74) is 6.19. The molecule has 4 N–H and O–H groups in total. The summed E-state index contributed by atoms with van der Waals surface area (Å²) >= 11 is 0. The Morgan fingerprint density at radius 2 is 1.82 bits per heavy atom. The molecule has 0 bridgehead atoms. The molecule has 0 aromatic heterocycles. The Balaban J connectivity index is 2.59. The number of ether oxygens (including phenoxy) is 1. The quantitative estimate of drug-likeness (QED) is 0.498. The highest BCUT2D eigenvalue weighted by atomic mass is 16.5. The smallest absolute Gasteiger partial charge is 0.408 e. The minimum absolute atomic E-state index is 0.0852. The predicted octanol–water partition coefficient (Wildman–Crippen LogP) is 1.99. The number of amides is 3. The second-order valence-electron chi connectivity index (χ2n) is 6.80. The number of nitrogens with two attached hydrogens (primary N) is 1. The van der Waals surface area contributed by atoms with Crippen LogP contribution in [0.25, 0.3) is 0 Å². The number of nitrogens with one attached hydrogen (secondary N) is 2. The maximum atomic E-state index is 12.6. The van der Waals surface area contributed by atoms with Crippen molar-refractivity contribution in [2.24, 2.45) is 11.7 Å². The van der Waals surface area contributed by atoms with E-state index in [1.165, 1.54) is 0 Å². The first kappa shape index (κ1) is 23.0. The zero-order chi connectivity index (χ0) is 20.9. The van der Waals surface area contributed by atoms with E-state index in [0.717, 1.165) is 5.56 Å². The zero-order valence-corrected chi connectivity index (χ0v) is 16.3. The number of carbonyl (C=O) groups is 3. The van der Waals surface area contributed by atoms with Crippen molar-refractivity contribution in [3.63, 3.8) is 0 Å². The van der Waals surface area contributed by atoms with Crippen molar-refractivity contribution in [2.45, 2.75) is 58.2 Å². The molecule has 28 heavy (non-hydrogen) atoms. The Labute approximate surface area is 165 Å². The molecule has 0 saturated carbocycles. The minimum Gasteiger partial charge on any atom is -0.445 e. The molecule has 1 aromatic rings. The van der Waals surface area contributed by atoms with Gasteiger partial charge in [0.05, 0.1) is 6.07 Å². The molecular weight excluding hydrogens is 360 g/mol. The molecule has 1 rings (SSSR count). The number of alkyl carbamates (subject to hydrolysis) is 1. The molecule has 8 nitrogen and oxygen atoms in total. The third-order valence-electron chi connectivity index (χ3n) is 4.13. The van der Waals surface area contributed by atoms with Crippen LogP contribution in [0, 0.1) is 17.2 Å². The molecule has 2 atom stereocenters. The molecular formula is C20H28N4O4. The molecule has 0 spiro atoms. The molecule has 8 heteroatoms. The Morgan fingerprint density at radius 3 is 2.39 bits per heavy atom. The second-order valence-corrected chi connectivity index (χ2v) is 6.80. The maximum Gasteiger partial charge on any atom is 0.408 e. The number of rotatable bonds is 11. The van der Waals surface area contributed by atoms with Gasteiger partial charge in [0.1, 0.15) is 18.7 Å². The highest BCUT2D eigenvalue weighted by Gasteiger charge is 2.28. The average molecular weight is 388 g/mol. The average Bonchev–Trinajstić information content (AvgIpc) is 2.67. The molecule has 3 amide bonds. The van der Waals surface area contributed by atoms with Gasteiger partial charge >= 0.3 is 6.09 Å². The SMILES string of the molecule is CC(C)[C@H](NC(=O)OCc1ccccc1)C(=O)N[C@@H](CCCCC#N)C(N)=O. The third kappa shape index (κ3) is 8.54. The Hall–Kier alpha value is -3.08. The summed E-state index contributed by atoms with van der Waals surface area (Å²) in [6.07, 6.45) is 1.20. The van der Waals surface area contributed by atoms with Gasteiger partial charge in [-0.3, -0.25) is 9.59 Å². The Morgan fingerprint density at radius 1 is 1.14 bits per heavy atom. The lowest BCUT2D eigenvalue weighted by molar-refractivity contribution is -0.129. The van der Waals surface area contributed by atoms with E-state index in [-0.39, 0.29) is 12.5 Å². The van der Waals surface area contributed by atoms with Crippen molar-refractivity contribution in [3.05, 3.63) is 35.9 Å². The minimum atomic E-state index is -0.871. The first-order valence-electron chi connectivity index (χ1n) is 9.29. The van der Waals surface area contributed by atoms with Crippen LogP contribution in [0.4, 0.5) is 4.79 Å². The largest absolute Gasteiger partial charge is 0.445 e. The standard InChI is InChI=1S/C20H28N4O4/c1-14(2)17(24-20(27)28-13-15-9-5-3-6-10-15)19(26)23-16(18(22)25)11-7-4-8-12-21/h3,5-6,9-10,14,16-17H,4,7-8,11,13H2,1-2H3,(H2,22,25)(H,23,26)(H,24,27)/t16-,17-/m0/s1. The first-order chi connectivity index (χ1) is 13.3. The number of hydrogen-bond acceptors (Lipinski definition) is 5. The number of nitrogens with zero attached hydrogens (tertiary/aromatic N) is 1. The third-order valence-corrected chi connectivity index (χ3v) is 4.13. The zero-order valence-electron chi connectivity index (χ0n) is 16.3. The van der Waals surface area contributed by atoms with Crippen molar-refractivity contribution in [3.8, 4) is 6.07 Å². The van der Waals surface area contributed by atoms with E-state index in [1.807, 2.05) is 36.4 Å². The molecule has 1 aromatic carbocycles. The van der Waals surface area contributed by atoms with Crippen molar-refractivity contribution in [2.75, 3.05) is 0 Å². The summed E-state index contributed by atoms with van der Waals surface area (Å²) in [6.45, 7) is 3.63. The van der Waals surface area contributed by atoms with E-state index < -0.39 is 30.0 Å². The van der Waals surface area contributed by atoms with Crippen molar-refractivity contribution in [1.29, 1.82) is 5.26 Å². The summed E-state index contributed by atoms with van der Waals surface area (Å²) in [4.78, 5) is 36.2. The van der Waals surface area contributed by atoms with Crippen LogP contribution in [0.2, 0.25) is 0 Å². The van der Waals surface area contributed by atoms with Crippen LogP contribution in [0.3, 0.4) is 0 Å². The van der Waals surface area contributed by atoms with Gasteiger partial charge in [0.25, 0.3) is 0 Å². The summed E-state index contributed by atoms with van der Waals surface area (Å²) in [6, 6.07) is 9.48. The van der Waals surface area contributed by atoms with Crippen LogP contribution in [-0.4, -0.2) is 30.0 Å². The van der Waals surface area contributed by atoms with Crippen LogP contribution in [0.5, 0.6) is 0 Å². The topological polar surface area (TPSA) is 134 Å². The lowest BCUT2D eigenvalue weighted by atomic mass is 10.0. The van der Waals surface area contributed by atoms with E-state index in [9.17, 15) is 14.4 Å². The number of carbonyl (C=O) groups excluding carboxylic acids is 3. The number of benzene rings is 1. The molecule has 0 fully saturated rings. The molecule has 0 unspecified atom stereocenters. The molecule has 0 aliphatic carbocycles. The van der Waals surface area contributed by atoms with E-state index >= 15 is 0 Å². The summed E-state index contributed by atoms with van der Waals surface area (Å²) in [5.74, 6) is -1.38. The lowest BCUT2D eigenvalue weighted by Gasteiger charge is -2.24. The van der Waals surface area contributed by atoms with Crippen molar-refractivity contribution in [1.82, 2.24) is 10.6 Å². The van der Waals surface area contributed by atoms with Gasteiger partial charge in [-0.1, -0.05) is 44.2 Å². The van der Waals surface area contributed by atoms with Gasteiger partial charge in [-0.2, -0.15) is 5.26 Å². The van der Waals surface area contributed by atoms with Gasteiger partial charge in [-0.25, -0.2) is 4.79 Å². The van der Waals surface area contributed by atoms with Crippen LogP contribution in [-0.2, 0) is 20.9 Å². The first-order valence-corrected chi connectivity index (χ1v) is 9.29. The molecule has 0 aliphatic heterocycles. The van der Waals surface area contributed by atoms with E-state index in [4.69, 9.17) is 15.7 Å². The highest BCUT2D eigenvalue weighted by molar-refractivity contribution is 5.90. The van der Waals surface area contributed by atoms with Crippen LogP contribution >= 0.6 is 0 Å². The van der Waals surface area contributed by atoms with Gasteiger partial charge in [-0.15, -0.1) is 0 Å². The van der Waals surface area contributed by atoms with Gasteiger partial charge in [0.2, 0.25) is 11.8 Å². The summed E-state index contributed by atoms with van der Waals surface area (Å²) in [7, 11) is 0. The van der Waals surface area contributed by atoms with Gasteiger partial charge < -0.3 is 21.1 Å². The fourth-order valence-electron chi connectivity index (χ4n) is 2.53. The van der Waals surface area contributed by atoms with Gasteiger partial charge in [-0.05, 0) is 30.7 Å². The molecule has 0 aliphatic rings. The van der Waals surface area contributed by atoms with Crippen molar-refractivity contribution >= 4 is 17.9 Å². The summed E-state index contributed by atoms with van der Waals surface area (Å²) < 4.78 is 5.15. The normalized spacial score (nSPS) is 12.5. The highest BCUT2D eigenvalue weighted by Crippen LogP contribution is 2.08. The predicted molar refractivity (Wildman–Crippen MR) is 104 cm³/mol. The van der Waals surface area contributed by atoms with E-state index in [0.29, 0.717) is 25.7 Å². The molecule has 0 radical (unpaired) electrons. The fourth-order valence-corrected chi connectivity index (χ4v) is 2.53. The lowest BCUT2D eigenvalue weighted by Crippen LogP contribution is -2.54. The number of nitriles is 1. The van der Waals surface area contributed by atoms with Crippen LogP contribution in [0.1, 0.15) is 45.1 Å². The Bertz CT molecular complexity index is 685. The number of unbranched alkanes of at least 4 members (excludes halogenated alkanes) is 2. The Kier molecular flexibility index (Phi) is 10.1. The van der Waals surface area contributed by atoms with E-state index in [1.54, 1.807) is 13.8 Å². The molecule has 0 heterocycles. The fraction of sp³-hybridized carbons (Fsp3) is 0.500. The van der Waals surface area contributed by atoms with Gasteiger partial charge in [0, 0.05) is 6.42 Å². The van der Waals surface area contributed by atoms with Crippen molar-refractivity contribution < 1.29 is 19.1 Å².